The van der Waals surface area contributed by atoms with Gasteiger partial charge in [0.15, 0.2) is 5.58 Å². The molecule has 141 heavy (non-hydrogen) atoms. The lowest BCUT2D eigenvalue weighted by Gasteiger charge is -2.28. The number of benzene rings is 22. The first-order chi connectivity index (χ1) is 70.0. The van der Waals surface area contributed by atoms with Crippen molar-refractivity contribution in [1.29, 1.82) is 0 Å². The lowest BCUT2D eigenvalue weighted by molar-refractivity contribution is 0.671. The molecule has 0 aliphatic rings. The van der Waals surface area contributed by atoms with Crippen LogP contribution in [0.1, 0.15) is 0 Å². The number of anilines is 9. The van der Waals surface area contributed by atoms with E-state index in [2.05, 4.69) is 505 Å². The van der Waals surface area contributed by atoms with Gasteiger partial charge in [-0.15, -0.1) is 22.7 Å². The van der Waals surface area contributed by atoms with Crippen molar-refractivity contribution in [3.05, 3.63) is 510 Å². The van der Waals surface area contributed by atoms with Gasteiger partial charge < -0.3 is 27.9 Å². The summed E-state index contributed by atoms with van der Waals surface area (Å²) in [6.45, 7) is 0. The maximum atomic E-state index is 6.75. The SMILES string of the molecule is c1ccc(-n2c3ccccc3c3cc(-c4ccc(N(c5ccc6ccccc6c5)c5cccc6ccccc56)cc4)c4c5ccccc5sc4c32)cc1.c1ccc(N(c2ccc(-c3cc4c5ccccc5n(-c5ccccc5)c4c4oc5ccccc5c34)cc2)c2ccncn2)cc1.c1ccc(N(c2cccc3ccccc23)c2cc3c4ccccc4n(-c4ccccc4)c3c3sc4ccccc4c23)cc1. The average molecular weight is 1840 g/mol. The van der Waals surface area contributed by atoms with Crippen molar-refractivity contribution in [2.24, 2.45) is 0 Å². The minimum Gasteiger partial charge on any atom is -0.454 e. The van der Waals surface area contributed by atoms with E-state index in [1.807, 2.05) is 53.0 Å². The summed E-state index contributed by atoms with van der Waals surface area (Å²) in [6.07, 6.45) is 3.36. The zero-order valence-corrected chi connectivity index (χ0v) is 77.9. The molecule has 0 atom stereocenters. The molecule has 7 heterocycles. The van der Waals surface area contributed by atoms with Gasteiger partial charge in [0.25, 0.3) is 0 Å². The van der Waals surface area contributed by atoms with E-state index in [4.69, 9.17) is 4.42 Å². The van der Waals surface area contributed by atoms with Crippen LogP contribution in [0.25, 0.3) is 199 Å². The number of aromatic nitrogens is 5. The maximum absolute atomic E-state index is 6.75. The molecule has 0 N–H and O–H groups in total. The van der Waals surface area contributed by atoms with Crippen LogP contribution in [-0.2, 0) is 0 Å². The van der Waals surface area contributed by atoms with Gasteiger partial charge in [-0.3, -0.25) is 4.90 Å². The van der Waals surface area contributed by atoms with E-state index >= 15 is 0 Å². The molecule has 22 aromatic carbocycles. The molecule has 0 unspecified atom stereocenters. The van der Waals surface area contributed by atoms with E-state index in [9.17, 15) is 0 Å². The van der Waals surface area contributed by atoms with Gasteiger partial charge in [0.2, 0.25) is 0 Å². The van der Waals surface area contributed by atoms with Crippen LogP contribution < -0.4 is 14.7 Å². The first kappa shape index (κ1) is 82.2. The van der Waals surface area contributed by atoms with Crippen LogP contribution in [0, 0.1) is 0 Å². The molecule has 0 bridgehead atoms. The van der Waals surface area contributed by atoms with Gasteiger partial charge in [0.1, 0.15) is 17.7 Å². The highest BCUT2D eigenvalue weighted by molar-refractivity contribution is 7.27. The van der Waals surface area contributed by atoms with E-state index in [0.29, 0.717) is 0 Å². The minimum absolute atomic E-state index is 0.808. The summed E-state index contributed by atoms with van der Waals surface area (Å²) >= 11 is 3.79. The summed E-state index contributed by atoms with van der Waals surface area (Å²) < 4.78 is 19.2. The number of fused-ring (bicyclic) bond motifs is 24. The van der Waals surface area contributed by atoms with Gasteiger partial charge in [-0.05, 0) is 214 Å². The average Bonchev–Trinajstić information content (AvgIpc) is 1.55. The molecule has 11 heteroatoms. The molecule has 0 aliphatic heterocycles. The van der Waals surface area contributed by atoms with E-state index in [-0.39, 0.29) is 0 Å². The van der Waals surface area contributed by atoms with Crippen LogP contribution >= 0.6 is 22.7 Å². The van der Waals surface area contributed by atoms with Gasteiger partial charge in [-0.25, -0.2) is 9.97 Å². The third kappa shape index (κ3) is 13.9. The van der Waals surface area contributed by atoms with Crippen LogP contribution in [0.3, 0.4) is 0 Å². The van der Waals surface area contributed by atoms with E-state index in [1.54, 1.807) is 12.5 Å². The van der Waals surface area contributed by atoms with Gasteiger partial charge >= 0.3 is 0 Å². The highest BCUT2D eigenvalue weighted by Crippen LogP contribution is 2.55. The summed E-state index contributed by atoms with van der Waals surface area (Å²) in [6, 6.07) is 179. The number of thiophene rings is 2. The van der Waals surface area contributed by atoms with Crippen molar-refractivity contribution < 1.29 is 4.42 Å². The number of rotatable bonds is 14. The van der Waals surface area contributed by atoms with Crippen LogP contribution in [0.5, 0.6) is 0 Å². The van der Waals surface area contributed by atoms with Crippen molar-refractivity contribution in [2.75, 3.05) is 14.7 Å². The molecule has 662 valence electrons. The predicted molar refractivity (Wildman–Crippen MR) is 598 cm³/mol. The van der Waals surface area contributed by atoms with Gasteiger partial charge in [0, 0.05) is 137 Å². The second-order valence-electron chi connectivity index (χ2n) is 35.8. The summed E-state index contributed by atoms with van der Waals surface area (Å²) in [5.41, 5.74) is 26.1. The molecule has 0 aliphatic carbocycles. The molecule has 0 amide bonds. The second-order valence-corrected chi connectivity index (χ2v) is 37.9. The molecule has 7 aromatic heterocycles. The standard InChI is InChI=1S/C50H32N2S.C40H26N4O.C40H26N2S/c1-2-17-37(18-3-1)52-46-22-10-8-20-41(46)44-32-43(48-42-21-9-11-24-47(42)53-50(48)49(44)52)35-26-28-38(29-27-35)51(39-30-25-33-13-4-5-15-36(33)31-39)45-23-12-16-34-14-6-7-19-40(34)45;1-3-11-28(12-4-1)43(37-23-24-41-26-42-37)30-21-19-27(20-22-30)33-25-34-31-15-7-9-17-35(31)44(29-13-5-2-6-14-29)39(34)40-38(33)32-16-8-10-18-36(32)45-40;1-3-16-28(17-4-1)41(34-24-13-15-27-14-7-8-20-30(27)34)36-26-33-31-21-9-11-23-35(31)42(29-18-5-2-6-19-29)39(33)40-38(36)32-22-10-12-25-37(32)43-40/h1-32H;1-26H;1-26H. The number of hydrogen-bond acceptors (Lipinski definition) is 8. The molecule has 0 spiro atoms. The summed E-state index contributed by atoms with van der Waals surface area (Å²) in [4.78, 5) is 15.7. The highest BCUT2D eigenvalue weighted by atomic mass is 32.1. The first-order valence-corrected chi connectivity index (χ1v) is 49.4. The lowest BCUT2D eigenvalue weighted by atomic mass is 9.96. The second kappa shape index (κ2) is 34.5. The Balaban J connectivity index is 0.000000107. The van der Waals surface area contributed by atoms with Gasteiger partial charge in [0.05, 0.1) is 59.6 Å². The Morgan fingerprint density at radius 2 is 0.617 bits per heavy atom. The fourth-order valence-corrected chi connectivity index (χ4v) is 24.2. The number of para-hydroxylation sites is 9. The van der Waals surface area contributed by atoms with Crippen LogP contribution in [0.15, 0.2) is 514 Å². The highest BCUT2D eigenvalue weighted by Gasteiger charge is 2.30. The van der Waals surface area contributed by atoms with E-state index in [1.165, 1.54) is 156 Å². The molecule has 0 saturated heterocycles. The van der Waals surface area contributed by atoms with Crippen LogP contribution in [0.2, 0.25) is 0 Å². The molecule has 0 radical (unpaired) electrons. The zero-order chi connectivity index (χ0) is 93.0. The minimum atomic E-state index is 0.808. The molecule has 29 rings (SSSR count). The molecule has 29 aromatic rings. The molecule has 0 fully saturated rings. The summed E-state index contributed by atoms with van der Waals surface area (Å²) in [7, 11) is 0. The Kier molecular flexibility index (Phi) is 20.1. The third-order valence-corrected chi connectivity index (χ3v) is 30.2. The first-order valence-electron chi connectivity index (χ1n) is 47.7. The van der Waals surface area contributed by atoms with Crippen molar-refractivity contribution in [2.45, 2.75) is 0 Å². The number of furan rings is 1. The van der Waals surface area contributed by atoms with E-state index in [0.717, 1.165) is 95.1 Å². The Morgan fingerprint density at radius 1 is 0.234 bits per heavy atom. The molecular formula is C130H84N8OS2. The number of hydrogen-bond donors (Lipinski definition) is 0. The van der Waals surface area contributed by atoms with Crippen molar-refractivity contribution in [1.82, 2.24) is 23.7 Å². The van der Waals surface area contributed by atoms with Crippen molar-refractivity contribution in [3.63, 3.8) is 0 Å². The fourth-order valence-electron chi connectivity index (χ4n) is 21.7. The lowest BCUT2D eigenvalue weighted by Crippen LogP contribution is -2.11. The quantitative estimate of drug-likeness (QED) is 0.108. The largest absolute Gasteiger partial charge is 0.454 e. The smallest absolute Gasteiger partial charge is 0.160 e. The Labute approximate surface area is 819 Å². The van der Waals surface area contributed by atoms with Crippen molar-refractivity contribution in [3.8, 4) is 39.3 Å². The van der Waals surface area contributed by atoms with Gasteiger partial charge in [-0.2, -0.15) is 0 Å². The van der Waals surface area contributed by atoms with Gasteiger partial charge in [-0.1, -0.05) is 328 Å². The van der Waals surface area contributed by atoms with Crippen LogP contribution in [-0.4, -0.2) is 23.7 Å². The normalized spacial score (nSPS) is 11.7. The third-order valence-electron chi connectivity index (χ3n) is 27.8. The van der Waals surface area contributed by atoms with Crippen LogP contribution in [0.4, 0.5) is 51.3 Å². The summed E-state index contributed by atoms with van der Waals surface area (Å²) in [5.74, 6) is 0.808. The molecule has 0 saturated carbocycles. The van der Waals surface area contributed by atoms with E-state index < -0.39 is 0 Å². The topological polar surface area (TPSA) is 63.4 Å². The predicted octanol–water partition coefficient (Wildman–Crippen LogP) is 37.0. The maximum Gasteiger partial charge on any atom is 0.160 e. The zero-order valence-electron chi connectivity index (χ0n) is 76.3. The Bertz CT molecular complexity index is 9840. The monoisotopic (exact) mass is 1840 g/mol. The molecule has 9 nitrogen and oxygen atoms in total. The van der Waals surface area contributed by atoms with Crippen molar-refractivity contribution >= 4 is 234 Å². The number of nitrogens with zero attached hydrogens (tertiary/aromatic N) is 8. The molecular weight excluding hydrogens is 1750 g/mol. The fraction of sp³-hybridized carbons (Fsp3) is 0. The summed E-state index contributed by atoms with van der Waals surface area (Å²) in [5, 5.41) is 22.2. The Morgan fingerprint density at radius 3 is 1.15 bits per heavy atom. The Hall–Kier alpha value is -18.3.